The third kappa shape index (κ3) is 3.99. The first-order valence-corrected chi connectivity index (χ1v) is 8.72. The van der Waals surface area contributed by atoms with Gasteiger partial charge in [-0.2, -0.15) is 13.2 Å². The Kier molecular flexibility index (Phi) is 5.00. The number of nitrogens with zero attached hydrogens (tertiary/aromatic N) is 4. The van der Waals surface area contributed by atoms with Crippen molar-refractivity contribution in [3.05, 3.63) is 23.8 Å². The van der Waals surface area contributed by atoms with E-state index in [4.69, 9.17) is 5.73 Å². The summed E-state index contributed by atoms with van der Waals surface area (Å²) in [6.45, 7) is 1.97. The van der Waals surface area contributed by atoms with Crippen LogP contribution in [0.2, 0.25) is 0 Å². The molecule has 0 unspecified atom stereocenters. The van der Waals surface area contributed by atoms with E-state index < -0.39 is 29.9 Å². The molecule has 8 nitrogen and oxygen atoms in total. The predicted molar refractivity (Wildman–Crippen MR) is 90.8 cm³/mol. The third-order valence-corrected chi connectivity index (χ3v) is 5.11. The van der Waals surface area contributed by atoms with E-state index in [9.17, 15) is 22.8 Å². The molecule has 3 heterocycles. The van der Waals surface area contributed by atoms with Gasteiger partial charge in [0.05, 0.1) is 23.0 Å². The van der Waals surface area contributed by atoms with Crippen molar-refractivity contribution in [3.63, 3.8) is 0 Å². The zero-order valence-corrected chi connectivity index (χ0v) is 14.9. The predicted octanol–water partition coefficient (Wildman–Crippen LogP) is 2.41. The van der Waals surface area contributed by atoms with Gasteiger partial charge in [0, 0.05) is 6.54 Å². The maximum atomic E-state index is 12.8. The SMILES string of the molecule is Cc1nc(NC(=O)N2CCC[C@H]2C(N)=O)sc1-c1cncc(C(F)(F)F)n1. The van der Waals surface area contributed by atoms with Crippen molar-refractivity contribution in [2.24, 2.45) is 5.73 Å². The maximum Gasteiger partial charge on any atom is 0.434 e. The van der Waals surface area contributed by atoms with Crippen molar-refractivity contribution in [2.75, 3.05) is 11.9 Å². The number of rotatable bonds is 3. The summed E-state index contributed by atoms with van der Waals surface area (Å²) in [7, 11) is 0. The van der Waals surface area contributed by atoms with Gasteiger partial charge in [-0.25, -0.2) is 14.8 Å². The molecular formula is C15H15F3N6O2S. The van der Waals surface area contributed by atoms with Gasteiger partial charge in [-0.05, 0) is 19.8 Å². The molecule has 1 fully saturated rings. The first-order valence-electron chi connectivity index (χ1n) is 7.91. The van der Waals surface area contributed by atoms with E-state index in [1.165, 1.54) is 11.1 Å². The monoisotopic (exact) mass is 400 g/mol. The molecule has 3 amide bonds. The Labute approximate surface area is 155 Å². The van der Waals surface area contributed by atoms with Crippen molar-refractivity contribution in [2.45, 2.75) is 32.0 Å². The van der Waals surface area contributed by atoms with E-state index in [0.717, 1.165) is 11.3 Å². The van der Waals surface area contributed by atoms with E-state index in [2.05, 4.69) is 20.3 Å². The Morgan fingerprint density at radius 2 is 2.07 bits per heavy atom. The minimum atomic E-state index is -4.61. The molecule has 1 aliphatic rings. The number of primary amides is 1. The fourth-order valence-electron chi connectivity index (χ4n) is 2.77. The van der Waals surface area contributed by atoms with Gasteiger partial charge in [0.15, 0.2) is 10.8 Å². The van der Waals surface area contributed by atoms with Crippen molar-refractivity contribution < 1.29 is 22.8 Å². The number of aryl methyl sites for hydroxylation is 1. The Hall–Kier alpha value is -2.76. The van der Waals surface area contributed by atoms with Gasteiger partial charge in [0.25, 0.3) is 0 Å². The highest BCUT2D eigenvalue weighted by atomic mass is 32.1. The number of aromatic nitrogens is 3. The summed E-state index contributed by atoms with van der Waals surface area (Å²) in [6, 6.07) is -1.22. The van der Waals surface area contributed by atoms with Crippen LogP contribution in [0.15, 0.2) is 12.4 Å². The number of likely N-dealkylation sites (tertiary alicyclic amines) is 1. The van der Waals surface area contributed by atoms with E-state index in [-0.39, 0.29) is 10.8 Å². The number of halogens is 3. The van der Waals surface area contributed by atoms with Crippen molar-refractivity contribution >= 4 is 28.4 Å². The summed E-state index contributed by atoms with van der Waals surface area (Å²) in [5, 5.41) is 2.74. The molecule has 27 heavy (non-hydrogen) atoms. The smallest absolute Gasteiger partial charge is 0.368 e. The van der Waals surface area contributed by atoms with Gasteiger partial charge in [0.2, 0.25) is 5.91 Å². The number of urea groups is 1. The zero-order valence-electron chi connectivity index (χ0n) is 14.1. The van der Waals surface area contributed by atoms with E-state index in [1.54, 1.807) is 6.92 Å². The molecule has 1 aliphatic heterocycles. The summed E-state index contributed by atoms with van der Waals surface area (Å²) in [5.74, 6) is -0.585. The van der Waals surface area contributed by atoms with E-state index in [0.29, 0.717) is 36.2 Å². The fraction of sp³-hybridized carbons (Fsp3) is 0.400. The number of carbonyl (C=O) groups excluding carboxylic acids is 2. The number of hydrogen-bond acceptors (Lipinski definition) is 6. The molecule has 1 atom stereocenters. The van der Waals surface area contributed by atoms with Crippen LogP contribution in [-0.4, -0.2) is 44.4 Å². The first-order chi connectivity index (χ1) is 12.7. The average molecular weight is 400 g/mol. The number of carbonyl (C=O) groups is 2. The van der Waals surface area contributed by atoms with Crippen LogP contribution in [0.4, 0.5) is 23.1 Å². The molecule has 0 spiro atoms. The Morgan fingerprint density at radius 1 is 1.33 bits per heavy atom. The minimum Gasteiger partial charge on any atom is -0.368 e. The lowest BCUT2D eigenvalue weighted by molar-refractivity contribution is -0.141. The Bertz CT molecular complexity index is 885. The number of amides is 3. The Morgan fingerprint density at radius 3 is 2.74 bits per heavy atom. The summed E-state index contributed by atoms with van der Waals surface area (Å²) >= 11 is 0.973. The molecule has 1 saturated heterocycles. The van der Waals surface area contributed by atoms with Crippen molar-refractivity contribution in [1.29, 1.82) is 0 Å². The maximum absolute atomic E-state index is 12.8. The highest BCUT2D eigenvalue weighted by Gasteiger charge is 2.34. The van der Waals surface area contributed by atoms with E-state index >= 15 is 0 Å². The van der Waals surface area contributed by atoms with Crippen LogP contribution in [0.5, 0.6) is 0 Å². The van der Waals surface area contributed by atoms with Gasteiger partial charge in [-0.3, -0.25) is 15.1 Å². The third-order valence-electron chi connectivity index (χ3n) is 4.01. The molecular weight excluding hydrogens is 385 g/mol. The van der Waals surface area contributed by atoms with Gasteiger partial charge in [-0.1, -0.05) is 11.3 Å². The van der Waals surface area contributed by atoms with Gasteiger partial charge < -0.3 is 10.6 Å². The molecule has 3 N–H and O–H groups in total. The number of nitrogens with two attached hydrogens (primary N) is 1. The molecule has 0 aliphatic carbocycles. The number of alkyl halides is 3. The highest BCUT2D eigenvalue weighted by molar-refractivity contribution is 7.19. The first kappa shape index (κ1) is 19.0. The van der Waals surface area contributed by atoms with Gasteiger partial charge in [0.1, 0.15) is 11.7 Å². The summed E-state index contributed by atoms with van der Waals surface area (Å²) in [5.41, 5.74) is 4.59. The fourth-order valence-corrected chi connectivity index (χ4v) is 3.68. The van der Waals surface area contributed by atoms with Crippen molar-refractivity contribution in [1.82, 2.24) is 19.9 Å². The second-order valence-electron chi connectivity index (χ2n) is 5.90. The van der Waals surface area contributed by atoms with Crippen LogP contribution in [0, 0.1) is 6.92 Å². The van der Waals surface area contributed by atoms with Crippen LogP contribution in [0.3, 0.4) is 0 Å². The molecule has 0 radical (unpaired) electrons. The standard InChI is InChI=1S/C15H15F3N6O2S/c1-7-11(8-5-20-6-10(22-8)15(16,17)18)27-13(21-7)23-14(26)24-4-2-3-9(24)12(19)25/h5-6,9H,2-4H2,1H3,(H2,19,25)(H,21,23,26)/t9-/m0/s1. The van der Waals surface area contributed by atoms with Gasteiger partial charge in [-0.15, -0.1) is 0 Å². The molecule has 3 rings (SSSR count). The Balaban J connectivity index is 1.81. The summed E-state index contributed by atoms with van der Waals surface area (Å²) < 4.78 is 38.5. The topological polar surface area (TPSA) is 114 Å². The molecule has 0 saturated carbocycles. The molecule has 0 aromatic carbocycles. The highest BCUT2D eigenvalue weighted by Crippen LogP contribution is 2.34. The summed E-state index contributed by atoms with van der Waals surface area (Å²) in [4.78, 5) is 36.8. The second-order valence-corrected chi connectivity index (χ2v) is 6.90. The summed E-state index contributed by atoms with van der Waals surface area (Å²) in [6.07, 6.45) is -1.63. The molecule has 0 bridgehead atoms. The van der Waals surface area contributed by atoms with E-state index in [1.807, 2.05) is 0 Å². The van der Waals surface area contributed by atoms with Crippen LogP contribution >= 0.6 is 11.3 Å². The molecule has 12 heteroatoms. The number of hydrogen-bond donors (Lipinski definition) is 2. The van der Waals surface area contributed by atoms with Gasteiger partial charge >= 0.3 is 12.2 Å². The van der Waals surface area contributed by atoms with Crippen LogP contribution < -0.4 is 11.1 Å². The molecule has 2 aromatic heterocycles. The van der Waals surface area contributed by atoms with Crippen LogP contribution in [0.1, 0.15) is 24.2 Å². The number of anilines is 1. The quantitative estimate of drug-likeness (QED) is 0.821. The zero-order chi connectivity index (χ0) is 19.8. The minimum absolute atomic E-state index is 0.0107. The van der Waals surface area contributed by atoms with Crippen LogP contribution in [0.25, 0.3) is 10.6 Å². The normalized spacial score (nSPS) is 17.2. The molecule has 2 aromatic rings. The second kappa shape index (κ2) is 7.10. The molecule has 144 valence electrons. The lowest BCUT2D eigenvalue weighted by atomic mass is 10.2. The van der Waals surface area contributed by atoms with Crippen LogP contribution in [-0.2, 0) is 11.0 Å². The largest absolute Gasteiger partial charge is 0.434 e. The van der Waals surface area contributed by atoms with Crippen molar-refractivity contribution in [3.8, 4) is 10.6 Å². The average Bonchev–Trinajstić information content (AvgIpc) is 3.21. The lowest BCUT2D eigenvalue weighted by Crippen LogP contribution is -2.45. The lowest BCUT2D eigenvalue weighted by Gasteiger charge is -2.21. The number of thiazole rings is 1. The number of nitrogens with one attached hydrogen (secondary N) is 1.